The van der Waals surface area contributed by atoms with E-state index in [-0.39, 0.29) is 18.7 Å². The molecular formula is C26H26N2O6. The van der Waals surface area contributed by atoms with Gasteiger partial charge >= 0.3 is 5.97 Å². The molecule has 3 aromatic rings. The van der Waals surface area contributed by atoms with Crippen molar-refractivity contribution >= 4 is 29.2 Å². The average molecular weight is 463 g/mol. The molecular weight excluding hydrogens is 436 g/mol. The Kier molecular flexibility index (Phi) is 8.62. The van der Waals surface area contributed by atoms with Crippen molar-refractivity contribution in [3.05, 3.63) is 78.4 Å². The van der Waals surface area contributed by atoms with E-state index >= 15 is 0 Å². The van der Waals surface area contributed by atoms with Gasteiger partial charge in [0.05, 0.1) is 13.5 Å². The molecule has 0 heterocycles. The summed E-state index contributed by atoms with van der Waals surface area (Å²) in [6.07, 6.45) is -0.212. The smallest absolute Gasteiger partial charge is 0.306 e. The van der Waals surface area contributed by atoms with E-state index in [9.17, 15) is 14.4 Å². The van der Waals surface area contributed by atoms with Crippen LogP contribution in [0.4, 0.5) is 11.4 Å². The average Bonchev–Trinajstić information content (AvgIpc) is 2.84. The van der Waals surface area contributed by atoms with Crippen LogP contribution in [-0.2, 0) is 19.1 Å². The highest BCUT2D eigenvalue weighted by molar-refractivity contribution is 5.94. The molecule has 0 saturated heterocycles. The van der Waals surface area contributed by atoms with E-state index in [1.54, 1.807) is 55.6 Å². The molecule has 0 fully saturated rings. The zero-order valence-corrected chi connectivity index (χ0v) is 19.0. The van der Waals surface area contributed by atoms with Crippen molar-refractivity contribution in [1.29, 1.82) is 0 Å². The molecule has 0 bridgehead atoms. The van der Waals surface area contributed by atoms with Crippen molar-refractivity contribution < 1.29 is 28.6 Å². The normalized spacial score (nSPS) is 10.2. The van der Waals surface area contributed by atoms with E-state index in [0.29, 0.717) is 28.6 Å². The van der Waals surface area contributed by atoms with Gasteiger partial charge in [0.2, 0.25) is 5.91 Å². The number of rotatable bonds is 10. The number of anilines is 2. The summed E-state index contributed by atoms with van der Waals surface area (Å²) >= 11 is 0. The molecule has 176 valence electrons. The summed E-state index contributed by atoms with van der Waals surface area (Å²) in [5, 5.41) is 5.38. The first kappa shape index (κ1) is 24.3. The molecule has 2 N–H and O–H groups in total. The first-order valence-corrected chi connectivity index (χ1v) is 10.7. The van der Waals surface area contributed by atoms with Crippen molar-refractivity contribution in [2.24, 2.45) is 0 Å². The molecule has 8 heteroatoms. The van der Waals surface area contributed by atoms with Crippen molar-refractivity contribution in [2.75, 3.05) is 24.4 Å². The summed E-state index contributed by atoms with van der Waals surface area (Å²) in [7, 11) is 1.57. The second kappa shape index (κ2) is 12.1. The van der Waals surface area contributed by atoms with Crippen LogP contribution < -0.4 is 20.1 Å². The van der Waals surface area contributed by atoms with Crippen molar-refractivity contribution in [3.63, 3.8) is 0 Å². The lowest BCUT2D eigenvalue weighted by Gasteiger charge is -2.11. The van der Waals surface area contributed by atoms with Crippen LogP contribution >= 0.6 is 0 Å². The van der Waals surface area contributed by atoms with E-state index < -0.39 is 18.5 Å². The Morgan fingerprint density at radius 2 is 1.44 bits per heavy atom. The summed E-state index contributed by atoms with van der Waals surface area (Å²) in [5.41, 5.74) is 2.11. The highest BCUT2D eigenvalue weighted by atomic mass is 16.5. The van der Waals surface area contributed by atoms with Gasteiger partial charge in [-0.25, -0.2) is 0 Å². The van der Waals surface area contributed by atoms with Gasteiger partial charge in [-0.15, -0.1) is 0 Å². The van der Waals surface area contributed by atoms with Gasteiger partial charge in [-0.05, 0) is 55.0 Å². The molecule has 0 aromatic heterocycles. The fourth-order valence-corrected chi connectivity index (χ4v) is 2.99. The standard InChI is InChI=1S/C26H26N2O6/c1-18-7-3-4-8-21(18)28-25(30)17-33-26(31)16-15-24(29)27-19-11-13-20(14-12-19)34-23-10-6-5-9-22(23)32-2/h3-14H,15-17H2,1-2H3,(H,27,29)(H,28,30). The molecule has 34 heavy (non-hydrogen) atoms. The topological polar surface area (TPSA) is 103 Å². The van der Waals surface area contributed by atoms with Crippen LogP contribution in [0.2, 0.25) is 0 Å². The number of ether oxygens (including phenoxy) is 3. The Bertz CT molecular complexity index is 1140. The van der Waals surface area contributed by atoms with E-state index in [1.165, 1.54) is 0 Å². The largest absolute Gasteiger partial charge is 0.493 e. The van der Waals surface area contributed by atoms with Gasteiger partial charge in [-0.1, -0.05) is 30.3 Å². The van der Waals surface area contributed by atoms with Crippen LogP contribution in [0.3, 0.4) is 0 Å². The molecule has 0 aliphatic rings. The highest BCUT2D eigenvalue weighted by Gasteiger charge is 2.12. The lowest BCUT2D eigenvalue weighted by atomic mass is 10.2. The van der Waals surface area contributed by atoms with Crippen LogP contribution in [0.1, 0.15) is 18.4 Å². The van der Waals surface area contributed by atoms with Crippen molar-refractivity contribution in [2.45, 2.75) is 19.8 Å². The van der Waals surface area contributed by atoms with E-state index in [0.717, 1.165) is 5.56 Å². The SMILES string of the molecule is COc1ccccc1Oc1ccc(NC(=O)CCC(=O)OCC(=O)Nc2ccccc2C)cc1. The quantitative estimate of drug-likeness (QED) is 0.424. The minimum absolute atomic E-state index is 0.0717. The molecule has 2 amide bonds. The number of methoxy groups -OCH3 is 1. The molecule has 3 rings (SSSR count). The van der Waals surface area contributed by atoms with Crippen molar-refractivity contribution in [3.8, 4) is 17.2 Å². The first-order chi connectivity index (χ1) is 16.4. The maximum atomic E-state index is 12.1. The number of benzene rings is 3. The summed E-state index contributed by atoms with van der Waals surface area (Å²) in [6.45, 7) is 1.45. The maximum Gasteiger partial charge on any atom is 0.306 e. The number of hydrogen-bond donors (Lipinski definition) is 2. The second-order valence-corrected chi connectivity index (χ2v) is 7.35. The lowest BCUT2D eigenvalue weighted by Crippen LogP contribution is -2.22. The van der Waals surface area contributed by atoms with Crippen LogP contribution in [0.15, 0.2) is 72.8 Å². The van der Waals surface area contributed by atoms with Crippen LogP contribution in [0.5, 0.6) is 17.2 Å². The van der Waals surface area contributed by atoms with Gasteiger partial charge in [0.1, 0.15) is 5.75 Å². The zero-order valence-electron chi connectivity index (χ0n) is 19.0. The fraction of sp³-hybridized carbons (Fsp3) is 0.192. The minimum Gasteiger partial charge on any atom is -0.493 e. The predicted molar refractivity (Wildman–Crippen MR) is 128 cm³/mol. The molecule has 0 aliphatic heterocycles. The predicted octanol–water partition coefficient (Wildman–Crippen LogP) is 4.70. The zero-order chi connectivity index (χ0) is 24.3. The molecule has 0 aliphatic carbocycles. The third kappa shape index (κ3) is 7.37. The molecule has 0 saturated carbocycles. The van der Waals surface area contributed by atoms with Gasteiger partial charge in [0.15, 0.2) is 18.1 Å². The summed E-state index contributed by atoms with van der Waals surface area (Å²) in [5.74, 6) is 0.347. The monoisotopic (exact) mass is 462 g/mol. The molecule has 0 spiro atoms. The second-order valence-electron chi connectivity index (χ2n) is 7.35. The van der Waals surface area contributed by atoms with Crippen LogP contribution in [0, 0.1) is 6.92 Å². The number of para-hydroxylation sites is 3. The molecule has 8 nitrogen and oxygen atoms in total. The molecule has 0 radical (unpaired) electrons. The number of hydrogen-bond acceptors (Lipinski definition) is 6. The Morgan fingerprint density at radius 1 is 0.765 bits per heavy atom. The van der Waals surface area contributed by atoms with Gasteiger partial charge < -0.3 is 24.8 Å². The Balaban J connectivity index is 1.39. The van der Waals surface area contributed by atoms with Crippen molar-refractivity contribution in [1.82, 2.24) is 0 Å². The fourth-order valence-electron chi connectivity index (χ4n) is 2.99. The maximum absolute atomic E-state index is 12.1. The highest BCUT2D eigenvalue weighted by Crippen LogP contribution is 2.31. The molecule has 3 aromatic carbocycles. The number of carbonyl (C=O) groups is 3. The van der Waals surface area contributed by atoms with Gasteiger partial charge in [-0.3, -0.25) is 14.4 Å². The molecule has 0 atom stereocenters. The summed E-state index contributed by atoms with van der Waals surface area (Å²) < 4.78 is 16.0. The van der Waals surface area contributed by atoms with Gasteiger partial charge in [-0.2, -0.15) is 0 Å². The number of aryl methyl sites for hydroxylation is 1. The van der Waals surface area contributed by atoms with E-state index in [2.05, 4.69) is 10.6 Å². The van der Waals surface area contributed by atoms with E-state index in [1.807, 2.05) is 31.2 Å². The van der Waals surface area contributed by atoms with E-state index in [4.69, 9.17) is 14.2 Å². The number of nitrogens with one attached hydrogen (secondary N) is 2. The number of esters is 1. The minimum atomic E-state index is -0.629. The lowest BCUT2D eigenvalue weighted by molar-refractivity contribution is -0.147. The number of carbonyl (C=O) groups excluding carboxylic acids is 3. The third-order valence-corrected chi connectivity index (χ3v) is 4.77. The molecule has 0 unspecified atom stereocenters. The van der Waals surface area contributed by atoms with Crippen LogP contribution in [0.25, 0.3) is 0 Å². The Labute approximate surface area is 197 Å². The summed E-state index contributed by atoms with van der Waals surface area (Å²) in [4.78, 5) is 36.0. The van der Waals surface area contributed by atoms with Gasteiger partial charge in [0, 0.05) is 17.8 Å². The summed E-state index contributed by atoms with van der Waals surface area (Å²) in [6, 6.07) is 21.4. The third-order valence-electron chi connectivity index (χ3n) is 4.77. The van der Waals surface area contributed by atoms with Crippen LogP contribution in [-0.4, -0.2) is 31.5 Å². The Morgan fingerprint density at radius 3 is 2.15 bits per heavy atom. The van der Waals surface area contributed by atoms with Gasteiger partial charge in [0.25, 0.3) is 5.91 Å². The number of amides is 2. The first-order valence-electron chi connectivity index (χ1n) is 10.7. The Hall–Kier alpha value is -4.33.